The van der Waals surface area contributed by atoms with Crippen molar-refractivity contribution < 1.29 is 19.4 Å². The molecule has 0 saturated heterocycles. The molecule has 1 aliphatic carbocycles. The number of fused-ring (bicyclic) bond motifs is 1. The molecule has 7 nitrogen and oxygen atoms in total. The van der Waals surface area contributed by atoms with Gasteiger partial charge in [0.05, 0.1) is 18.8 Å². The van der Waals surface area contributed by atoms with Crippen LogP contribution in [0.15, 0.2) is 48.5 Å². The van der Waals surface area contributed by atoms with Gasteiger partial charge in [0.1, 0.15) is 0 Å². The Morgan fingerprint density at radius 3 is 2.52 bits per heavy atom. The lowest BCUT2D eigenvalue weighted by Gasteiger charge is -2.45. The van der Waals surface area contributed by atoms with Crippen LogP contribution >= 0.6 is 0 Å². The molecule has 31 heavy (non-hydrogen) atoms. The number of nitrogens with one attached hydrogen (secondary N) is 2. The molecule has 0 fully saturated rings. The Balaban J connectivity index is 1.76. The largest absolute Gasteiger partial charge is 0.394 e. The quantitative estimate of drug-likeness (QED) is 0.510. The van der Waals surface area contributed by atoms with Gasteiger partial charge in [-0.3, -0.25) is 9.59 Å². The summed E-state index contributed by atoms with van der Waals surface area (Å²) in [5, 5.41) is 16.2. The zero-order valence-electron chi connectivity index (χ0n) is 18.2. The minimum Gasteiger partial charge on any atom is -0.394 e. The molecular weight excluding hydrogens is 394 g/mol. The normalized spacial score (nSPS) is 20.5. The second kappa shape index (κ2) is 9.60. The van der Waals surface area contributed by atoms with Crippen molar-refractivity contribution in [1.29, 1.82) is 0 Å². The Labute approximate surface area is 183 Å². The van der Waals surface area contributed by atoms with E-state index in [-0.39, 0.29) is 30.1 Å². The van der Waals surface area contributed by atoms with Crippen LogP contribution in [0.5, 0.6) is 0 Å². The van der Waals surface area contributed by atoms with Gasteiger partial charge >= 0.3 is 0 Å². The lowest BCUT2D eigenvalue weighted by Crippen LogP contribution is -2.59. The van der Waals surface area contributed by atoms with E-state index in [1.807, 2.05) is 18.2 Å². The first kappa shape index (κ1) is 22.9. The molecule has 1 aliphatic rings. The summed E-state index contributed by atoms with van der Waals surface area (Å²) in [5.41, 5.74) is 8.30. The highest BCUT2D eigenvalue weighted by molar-refractivity contribution is 5.94. The van der Waals surface area contributed by atoms with Gasteiger partial charge < -0.3 is 26.2 Å². The minimum atomic E-state index is -0.459. The van der Waals surface area contributed by atoms with Gasteiger partial charge in [-0.2, -0.15) is 0 Å². The Morgan fingerprint density at radius 1 is 1.19 bits per heavy atom. The van der Waals surface area contributed by atoms with E-state index >= 15 is 0 Å². The van der Waals surface area contributed by atoms with E-state index in [1.165, 1.54) is 0 Å². The van der Waals surface area contributed by atoms with E-state index in [4.69, 9.17) is 10.5 Å². The first-order valence-electron chi connectivity index (χ1n) is 10.4. The average Bonchev–Trinajstić information content (AvgIpc) is 2.77. The van der Waals surface area contributed by atoms with Crippen LogP contribution in [-0.4, -0.2) is 55.4 Å². The SMILES string of the molecule is CO[C@H]1Cc2ccc(C(N)=O)cc2C(C)(C)[C@@H]1NC[C@H](CO)NC(=O)c1ccccc1. The van der Waals surface area contributed by atoms with Crippen molar-refractivity contribution in [1.82, 2.24) is 10.6 Å². The summed E-state index contributed by atoms with van der Waals surface area (Å²) in [6.07, 6.45) is 0.581. The topological polar surface area (TPSA) is 114 Å². The molecule has 2 amide bonds. The van der Waals surface area contributed by atoms with Crippen LogP contribution in [-0.2, 0) is 16.6 Å². The summed E-state index contributed by atoms with van der Waals surface area (Å²) in [5.74, 6) is -0.690. The number of benzene rings is 2. The third-order valence-electron chi connectivity index (χ3n) is 6.14. The van der Waals surface area contributed by atoms with Gasteiger partial charge in [0, 0.05) is 42.7 Å². The fraction of sp³-hybridized carbons (Fsp3) is 0.417. The Kier molecular flexibility index (Phi) is 7.10. The summed E-state index contributed by atoms with van der Waals surface area (Å²) in [4.78, 5) is 24.1. The molecule has 0 unspecified atom stereocenters. The van der Waals surface area contributed by atoms with Crippen molar-refractivity contribution in [3.05, 3.63) is 70.8 Å². The van der Waals surface area contributed by atoms with Crippen LogP contribution in [0.3, 0.4) is 0 Å². The number of methoxy groups -OCH3 is 1. The van der Waals surface area contributed by atoms with Gasteiger partial charge in [0.25, 0.3) is 5.91 Å². The molecule has 3 atom stereocenters. The lowest BCUT2D eigenvalue weighted by molar-refractivity contribution is 0.0338. The molecule has 0 aliphatic heterocycles. The fourth-order valence-corrected chi connectivity index (χ4v) is 4.37. The van der Waals surface area contributed by atoms with E-state index in [2.05, 4.69) is 24.5 Å². The number of hydrogen-bond acceptors (Lipinski definition) is 5. The highest BCUT2D eigenvalue weighted by Crippen LogP contribution is 2.38. The molecule has 0 radical (unpaired) electrons. The number of carbonyl (C=O) groups excluding carboxylic acids is 2. The maximum atomic E-state index is 12.5. The third kappa shape index (κ3) is 4.95. The van der Waals surface area contributed by atoms with Crippen LogP contribution in [0.1, 0.15) is 45.7 Å². The molecule has 0 bridgehead atoms. The highest BCUT2D eigenvalue weighted by Gasteiger charge is 2.43. The zero-order chi connectivity index (χ0) is 22.6. The molecule has 0 saturated carbocycles. The fourth-order valence-electron chi connectivity index (χ4n) is 4.37. The van der Waals surface area contributed by atoms with Crippen LogP contribution in [0.4, 0.5) is 0 Å². The summed E-state index contributed by atoms with van der Waals surface area (Å²) in [6.45, 7) is 4.36. The molecule has 0 spiro atoms. The van der Waals surface area contributed by atoms with Gasteiger partial charge in [-0.1, -0.05) is 38.1 Å². The number of primary amides is 1. The summed E-state index contributed by atoms with van der Waals surface area (Å²) >= 11 is 0. The number of nitrogens with two attached hydrogens (primary N) is 1. The monoisotopic (exact) mass is 425 g/mol. The maximum Gasteiger partial charge on any atom is 0.251 e. The smallest absolute Gasteiger partial charge is 0.251 e. The molecular formula is C24H31N3O4. The second-order valence-electron chi connectivity index (χ2n) is 8.54. The summed E-state index contributed by atoms with van der Waals surface area (Å²) < 4.78 is 5.79. The first-order chi connectivity index (χ1) is 14.8. The number of amides is 2. The summed E-state index contributed by atoms with van der Waals surface area (Å²) in [7, 11) is 1.68. The molecule has 0 heterocycles. The molecule has 2 aromatic rings. The third-order valence-corrected chi connectivity index (χ3v) is 6.14. The van der Waals surface area contributed by atoms with Crippen LogP contribution in [0, 0.1) is 0 Å². The van der Waals surface area contributed by atoms with Crippen molar-refractivity contribution in [2.24, 2.45) is 5.73 Å². The number of aliphatic hydroxyl groups is 1. The van der Waals surface area contributed by atoms with E-state index in [9.17, 15) is 14.7 Å². The van der Waals surface area contributed by atoms with E-state index in [0.717, 1.165) is 11.1 Å². The first-order valence-corrected chi connectivity index (χ1v) is 10.4. The van der Waals surface area contributed by atoms with Gasteiger partial charge in [-0.15, -0.1) is 0 Å². The molecule has 2 aromatic carbocycles. The average molecular weight is 426 g/mol. The Hall–Kier alpha value is -2.74. The van der Waals surface area contributed by atoms with Crippen molar-refractivity contribution >= 4 is 11.8 Å². The molecule has 3 rings (SSSR count). The zero-order valence-corrected chi connectivity index (χ0v) is 18.2. The number of aliphatic hydroxyl groups excluding tert-OH is 1. The highest BCUT2D eigenvalue weighted by atomic mass is 16.5. The molecule has 5 N–H and O–H groups in total. The number of rotatable bonds is 8. The van der Waals surface area contributed by atoms with Crippen LogP contribution < -0.4 is 16.4 Å². The van der Waals surface area contributed by atoms with Crippen LogP contribution in [0.25, 0.3) is 0 Å². The van der Waals surface area contributed by atoms with Crippen LogP contribution in [0.2, 0.25) is 0 Å². The van der Waals surface area contributed by atoms with E-state index < -0.39 is 11.9 Å². The molecule has 166 valence electrons. The van der Waals surface area contributed by atoms with E-state index in [1.54, 1.807) is 37.4 Å². The maximum absolute atomic E-state index is 12.5. The Bertz CT molecular complexity index is 930. The number of ether oxygens (including phenoxy) is 1. The van der Waals surface area contributed by atoms with Crippen molar-refractivity contribution in [3.63, 3.8) is 0 Å². The van der Waals surface area contributed by atoms with Crippen molar-refractivity contribution in [3.8, 4) is 0 Å². The molecule has 7 heteroatoms. The van der Waals surface area contributed by atoms with Gasteiger partial charge in [0.15, 0.2) is 0 Å². The van der Waals surface area contributed by atoms with Crippen molar-refractivity contribution in [2.45, 2.75) is 43.9 Å². The standard InChI is InChI=1S/C24H31N3O4/c1-24(2)19-11-17(22(25)29)10-9-16(19)12-20(31-3)21(24)26-13-18(14-28)27-23(30)15-7-5-4-6-8-15/h4-11,18,20-21,26,28H,12-14H2,1-3H3,(H2,25,29)(H,27,30)/t18-,20+,21-/m1/s1. The lowest BCUT2D eigenvalue weighted by atomic mass is 9.67. The number of hydrogen-bond donors (Lipinski definition) is 4. The van der Waals surface area contributed by atoms with Crippen molar-refractivity contribution in [2.75, 3.05) is 20.3 Å². The van der Waals surface area contributed by atoms with Gasteiger partial charge in [-0.25, -0.2) is 0 Å². The predicted octanol–water partition coefficient (Wildman–Crippen LogP) is 1.38. The minimum absolute atomic E-state index is 0.101. The van der Waals surface area contributed by atoms with Gasteiger partial charge in [-0.05, 0) is 35.4 Å². The van der Waals surface area contributed by atoms with Gasteiger partial charge in [0.2, 0.25) is 5.91 Å². The summed E-state index contributed by atoms with van der Waals surface area (Å²) in [6, 6.07) is 13.9. The number of carbonyl (C=O) groups is 2. The second-order valence-corrected chi connectivity index (χ2v) is 8.54. The van der Waals surface area contributed by atoms with E-state index in [0.29, 0.717) is 24.1 Å². The molecule has 0 aromatic heterocycles. The Morgan fingerprint density at radius 2 is 1.90 bits per heavy atom. The predicted molar refractivity (Wildman–Crippen MR) is 119 cm³/mol.